The summed E-state index contributed by atoms with van der Waals surface area (Å²) in [5.41, 5.74) is 4.21. The third-order valence-electron chi connectivity index (χ3n) is 5.36. The molecule has 31 heavy (non-hydrogen) atoms. The van der Waals surface area contributed by atoms with Gasteiger partial charge in [0.15, 0.2) is 11.5 Å². The van der Waals surface area contributed by atoms with Crippen LogP contribution in [0.5, 0.6) is 11.5 Å². The molecular weight excluding hydrogens is 394 g/mol. The number of aryl methyl sites for hydroxylation is 1. The second-order valence-corrected chi connectivity index (χ2v) is 7.32. The maximum atomic E-state index is 13.2. The lowest BCUT2D eigenvalue weighted by atomic mass is 10.0. The van der Waals surface area contributed by atoms with Crippen molar-refractivity contribution in [1.29, 1.82) is 0 Å². The number of benzene rings is 2. The van der Waals surface area contributed by atoms with E-state index >= 15 is 0 Å². The highest BCUT2D eigenvalue weighted by molar-refractivity contribution is 6.16. The first-order chi connectivity index (χ1) is 14.9. The Morgan fingerprint density at radius 1 is 0.968 bits per heavy atom. The van der Waals surface area contributed by atoms with Gasteiger partial charge in [0.2, 0.25) is 0 Å². The van der Waals surface area contributed by atoms with Crippen LogP contribution in [0.1, 0.15) is 23.6 Å². The average Bonchev–Trinajstić information content (AvgIpc) is 3.02. The van der Waals surface area contributed by atoms with Gasteiger partial charge in [-0.05, 0) is 49.6 Å². The summed E-state index contributed by atoms with van der Waals surface area (Å²) < 4.78 is 15.6. The largest absolute Gasteiger partial charge is 0.493 e. The zero-order valence-corrected chi connectivity index (χ0v) is 18.5. The minimum atomic E-state index is -0.516. The van der Waals surface area contributed by atoms with Gasteiger partial charge in [-0.1, -0.05) is 35.9 Å². The monoisotopic (exact) mass is 421 g/mol. The van der Waals surface area contributed by atoms with Crippen molar-refractivity contribution in [2.75, 3.05) is 27.9 Å². The summed E-state index contributed by atoms with van der Waals surface area (Å²) in [4.78, 5) is 27.3. The fraction of sp³-hybridized carbons (Fsp3) is 0.280. The highest BCUT2D eigenvalue weighted by Gasteiger charge is 2.36. The van der Waals surface area contributed by atoms with Gasteiger partial charge in [0.25, 0.3) is 5.91 Å². The Bertz CT molecular complexity index is 1050. The number of carbonyl (C=O) groups excluding carboxylic acids is 2. The molecular formula is C25H27NO5. The molecule has 0 aromatic heterocycles. The SMILES string of the molecule is COC(=O)C1=C(C)N(CCc2ccc(OC)c(OC)c2)C(=O)/C1=C\c1ccc(C)cc1. The quantitative estimate of drug-likeness (QED) is 0.501. The molecule has 2 aromatic rings. The highest BCUT2D eigenvalue weighted by Crippen LogP contribution is 2.32. The van der Waals surface area contributed by atoms with E-state index < -0.39 is 5.97 Å². The molecule has 0 spiro atoms. The standard InChI is InChI=1S/C25H27NO5/c1-16-6-8-18(9-7-16)14-20-23(25(28)31-5)17(2)26(24(20)27)13-12-19-10-11-21(29-3)22(15-19)30-4/h6-11,14-15H,12-13H2,1-5H3/b20-14-. The lowest BCUT2D eigenvalue weighted by molar-refractivity contribution is -0.136. The van der Waals surface area contributed by atoms with E-state index in [1.165, 1.54) is 7.11 Å². The molecule has 1 heterocycles. The predicted molar refractivity (Wildman–Crippen MR) is 119 cm³/mol. The van der Waals surface area contributed by atoms with Crippen molar-refractivity contribution in [2.45, 2.75) is 20.3 Å². The minimum absolute atomic E-state index is 0.209. The number of nitrogens with zero attached hydrogens (tertiary/aromatic N) is 1. The third kappa shape index (κ3) is 4.63. The van der Waals surface area contributed by atoms with Crippen molar-refractivity contribution >= 4 is 18.0 Å². The molecule has 0 saturated carbocycles. The maximum Gasteiger partial charge on any atom is 0.340 e. The molecule has 0 unspecified atom stereocenters. The summed E-state index contributed by atoms with van der Waals surface area (Å²) in [6.07, 6.45) is 2.34. The van der Waals surface area contributed by atoms with Crippen LogP contribution < -0.4 is 9.47 Å². The van der Waals surface area contributed by atoms with Gasteiger partial charge >= 0.3 is 5.97 Å². The Labute approximate surface area is 182 Å². The van der Waals surface area contributed by atoms with Crippen LogP contribution in [-0.4, -0.2) is 44.7 Å². The normalized spacial score (nSPS) is 14.9. The highest BCUT2D eigenvalue weighted by atomic mass is 16.5. The zero-order chi connectivity index (χ0) is 22.5. The number of hydrogen-bond donors (Lipinski definition) is 0. The Kier molecular flexibility index (Phi) is 6.80. The van der Waals surface area contributed by atoms with Gasteiger partial charge in [-0.2, -0.15) is 0 Å². The predicted octanol–water partition coefficient (Wildman–Crippen LogP) is 3.93. The van der Waals surface area contributed by atoms with E-state index in [1.807, 2.05) is 49.4 Å². The fourth-order valence-electron chi connectivity index (χ4n) is 3.60. The molecule has 0 bridgehead atoms. The Hall–Kier alpha value is -3.54. The first-order valence-corrected chi connectivity index (χ1v) is 10.00. The molecule has 3 rings (SSSR count). The van der Waals surface area contributed by atoms with Gasteiger partial charge in [0.05, 0.1) is 32.5 Å². The summed E-state index contributed by atoms with van der Waals surface area (Å²) in [5.74, 6) is 0.558. The van der Waals surface area contributed by atoms with Crippen molar-refractivity contribution in [3.63, 3.8) is 0 Å². The van der Waals surface area contributed by atoms with Gasteiger partial charge in [-0.25, -0.2) is 4.79 Å². The van der Waals surface area contributed by atoms with E-state index in [-0.39, 0.29) is 5.91 Å². The molecule has 0 fully saturated rings. The molecule has 162 valence electrons. The van der Waals surface area contributed by atoms with Crippen LogP contribution in [0.3, 0.4) is 0 Å². The van der Waals surface area contributed by atoms with Crippen molar-refractivity contribution in [3.05, 3.63) is 76.0 Å². The fourth-order valence-corrected chi connectivity index (χ4v) is 3.60. The number of esters is 1. The van der Waals surface area contributed by atoms with E-state index in [0.717, 1.165) is 16.7 Å². The van der Waals surface area contributed by atoms with Gasteiger partial charge in [-0.3, -0.25) is 4.79 Å². The van der Waals surface area contributed by atoms with Gasteiger partial charge in [0.1, 0.15) is 0 Å². The van der Waals surface area contributed by atoms with E-state index in [4.69, 9.17) is 14.2 Å². The zero-order valence-electron chi connectivity index (χ0n) is 18.5. The number of ether oxygens (including phenoxy) is 3. The van der Waals surface area contributed by atoms with Crippen molar-refractivity contribution in [2.24, 2.45) is 0 Å². The molecule has 2 aromatic carbocycles. The first kappa shape index (κ1) is 22.2. The van der Waals surface area contributed by atoms with Crippen LogP contribution in [0.15, 0.2) is 59.3 Å². The molecule has 1 aliphatic heterocycles. The molecule has 0 aliphatic carbocycles. The molecule has 0 saturated heterocycles. The van der Waals surface area contributed by atoms with E-state index in [9.17, 15) is 9.59 Å². The van der Waals surface area contributed by atoms with Crippen LogP contribution in [0.25, 0.3) is 6.08 Å². The Balaban J connectivity index is 1.89. The van der Waals surface area contributed by atoms with Crippen LogP contribution in [0.4, 0.5) is 0 Å². The van der Waals surface area contributed by atoms with Crippen molar-refractivity contribution < 1.29 is 23.8 Å². The topological polar surface area (TPSA) is 65.1 Å². The summed E-state index contributed by atoms with van der Waals surface area (Å²) in [7, 11) is 4.50. The van der Waals surface area contributed by atoms with Gasteiger partial charge < -0.3 is 19.1 Å². The maximum absolute atomic E-state index is 13.2. The number of carbonyl (C=O) groups is 2. The number of hydrogen-bond acceptors (Lipinski definition) is 5. The third-order valence-corrected chi connectivity index (χ3v) is 5.36. The number of rotatable bonds is 7. The van der Waals surface area contributed by atoms with Gasteiger partial charge in [-0.15, -0.1) is 0 Å². The number of amides is 1. The van der Waals surface area contributed by atoms with Crippen LogP contribution in [-0.2, 0) is 20.7 Å². The molecule has 1 aliphatic rings. The lowest BCUT2D eigenvalue weighted by Crippen LogP contribution is -2.27. The lowest BCUT2D eigenvalue weighted by Gasteiger charge is -2.18. The summed E-state index contributed by atoms with van der Waals surface area (Å²) in [6, 6.07) is 13.4. The van der Waals surface area contributed by atoms with Gasteiger partial charge in [0, 0.05) is 12.2 Å². The second-order valence-electron chi connectivity index (χ2n) is 7.32. The molecule has 0 radical (unpaired) electrons. The smallest absolute Gasteiger partial charge is 0.340 e. The Morgan fingerprint density at radius 3 is 2.26 bits per heavy atom. The molecule has 6 nitrogen and oxygen atoms in total. The number of methoxy groups -OCH3 is 3. The average molecular weight is 421 g/mol. The van der Waals surface area contributed by atoms with E-state index in [0.29, 0.717) is 41.3 Å². The summed E-state index contributed by atoms with van der Waals surface area (Å²) in [5, 5.41) is 0. The molecule has 0 N–H and O–H groups in total. The van der Waals surface area contributed by atoms with Crippen LogP contribution in [0, 0.1) is 6.92 Å². The van der Waals surface area contributed by atoms with Crippen molar-refractivity contribution in [1.82, 2.24) is 4.90 Å². The first-order valence-electron chi connectivity index (χ1n) is 10.00. The van der Waals surface area contributed by atoms with Crippen molar-refractivity contribution in [3.8, 4) is 11.5 Å². The molecule has 0 atom stereocenters. The van der Waals surface area contributed by atoms with Crippen LogP contribution >= 0.6 is 0 Å². The Morgan fingerprint density at radius 2 is 1.65 bits per heavy atom. The molecule has 6 heteroatoms. The number of allylic oxidation sites excluding steroid dienone is 1. The summed E-state index contributed by atoms with van der Waals surface area (Å²) >= 11 is 0. The molecule has 1 amide bonds. The van der Waals surface area contributed by atoms with E-state index in [1.54, 1.807) is 32.1 Å². The van der Waals surface area contributed by atoms with Crippen LogP contribution in [0.2, 0.25) is 0 Å². The van der Waals surface area contributed by atoms with E-state index in [2.05, 4.69) is 0 Å². The minimum Gasteiger partial charge on any atom is -0.493 e. The second kappa shape index (κ2) is 9.51. The summed E-state index contributed by atoms with van der Waals surface area (Å²) in [6.45, 7) is 4.19.